The standard InChI is InChI=1S/C12H15BrN2O3S3/c1-14(8-2-3-8)12(16)9-6-19-7-15(9)21(17,18)11-5-4-10(13)20-11/h4-5,8-9H,2-3,6-7H2,1H3/t9-/m0/s1. The van der Waals surface area contributed by atoms with Crippen molar-refractivity contribution in [1.29, 1.82) is 0 Å². The van der Waals surface area contributed by atoms with E-state index in [1.165, 1.54) is 27.4 Å². The summed E-state index contributed by atoms with van der Waals surface area (Å²) in [5.41, 5.74) is 0. The molecule has 0 bridgehead atoms. The molecule has 21 heavy (non-hydrogen) atoms. The maximum Gasteiger partial charge on any atom is 0.254 e. The van der Waals surface area contributed by atoms with Gasteiger partial charge in [-0.3, -0.25) is 4.79 Å². The minimum absolute atomic E-state index is 0.0818. The van der Waals surface area contributed by atoms with E-state index in [2.05, 4.69) is 15.9 Å². The van der Waals surface area contributed by atoms with E-state index in [4.69, 9.17) is 0 Å². The zero-order chi connectivity index (χ0) is 15.2. The van der Waals surface area contributed by atoms with Crippen LogP contribution in [0.3, 0.4) is 0 Å². The maximum absolute atomic E-state index is 12.7. The molecule has 0 N–H and O–H groups in total. The van der Waals surface area contributed by atoms with Crippen LogP contribution in [0.25, 0.3) is 0 Å². The molecule has 1 amide bonds. The van der Waals surface area contributed by atoms with E-state index in [0.717, 1.165) is 16.6 Å². The van der Waals surface area contributed by atoms with Gasteiger partial charge in [-0.05, 0) is 40.9 Å². The normalized spacial score (nSPS) is 23.4. The predicted octanol–water partition coefficient (Wildman–Crippen LogP) is 2.20. The summed E-state index contributed by atoms with van der Waals surface area (Å²) in [6.07, 6.45) is 2.04. The van der Waals surface area contributed by atoms with Gasteiger partial charge >= 0.3 is 0 Å². The number of thiophene rings is 1. The fraction of sp³-hybridized carbons (Fsp3) is 0.583. The third-order valence-electron chi connectivity index (χ3n) is 3.68. The quantitative estimate of drug-likeness (QED) is 0.762. The molecular formula is C12H15BrN2O3S3. The van der Waals surface area contributed by atoms with Crippen molar-refractivity contribution in [3.63, 3.8) is 0 Å². The zero-order valence-corrected chi connectivity index (χ0v) is 15.4. The topological polar surface area (TPSA) is 57.7 Å². The fourth-order valence-corrected chi connectivity index (χ4v) is 7.56. The highest BCUT2D eigenvalue weighted by atomic mass is 79.9. The second-order valence-electron chi connectivity index (χ2n) is 5.15. The van der Waals surface area contributed by atoms with Crippen molar-refractivity contribution in [3.8, 4) is 0 Å². The molecule has 3 rings (SSSR count). The van der Waals surface area contributed by atoms with Gasteiger partial charge in [0.25, 0.3) is 10.0 Å². The molecule has 0 aromatic carbocycles. The Morgan fingerprint density at radius 1 is 1.43 bits per heavy atom. The second kappa shape index (κ2) is 5.84. The molecule has 9 heteroatoms. The van der Waals surface area contributed by atoms with Gasteiger partial charge in [0.2, 0.25) is 5.91 Å². The summed E-state index contributed by atoms with van der Waals surface area (Å²) in [5, 5.41) is 0. The van der Waals surface area contributed by atoms with Crippen LogP contribution >= 0.6 is 39.0 Å². The molecule has 5 nitrogen and oxygen atoms in total. The summed E-state index contributed by atoms with van der Waals surface area (Å²) in [7, 11) is -1.82. The van der Waals surface area contributed by atoms with Gasteiger partial charge in [0.1, 0.15) is 10.3 Å². The first-order valence-electron chi connectivity index (χ1n) is 6.53. The van der Waals surface area contributed by atoms with Crippen LogP contribution in [0.1, 0.15) is 12.8 Å². The van der Waals surface area contributed by atoms with E-state index in [1.807, 2.05) is 0 Å². The smallest absolute Gasteiger partial charge is 0.254 e. The molecule has 1 aromatic rings. The molecule has 2 aliphatic rings. The number of carbonyl (C=O) groups is 1. The van der Waals surface area contributed by atoms with E-state index in [1.54, 1.807) is 24.1 Å². The molecule has 0 radical (unpaired) electrons. The van der Waals surface area contributed by atoms with E-state index >= 15 is 0 Å². The Balaban J connectivity index is 1.84. The van der Waals surface area contributed by atoms with Gasteiger partial charge in [0.15, 0.2) is 0 Å². The molecule has 2 heterocycles. The van der Waals surface area contributed by atoms with Crippen molar-refractivity contribution in [1.82, 2.24) is 9.21 Å². The fourth-order valence-electron chi connectivity index (χ4n) is 2.29. The third-order valence-corrected chi connectivity index (χ3v) is 8.80. The Bertz CT molecular complexity index is 656. The molecule has 2 fully saturated rings. The van der Waals surface area contributed by atoms with Gasteiger partial charge < -0.3 is 4.90 Å². The van der Waals surface area contributed by atoms with Crippen LogP contribution < -0.4 is 0 Å². The van der Waals surface area contributed by atoms with Crippen molar-refractivity contribution in [2.75, 3.05) is 18.7 Å². The molecular weight excluding hydrogens is 396 g/mol. The Kier molecular flexibility index (Phi) is 4.39. The third kappa shape index (κ3) is 3.03. The van der Waals surface area contributed by atoms with Crippen LogP contribution in [-0.2, 0) is 14.8 Å². The molecule has 0 spiro atoms. The Morgan fingerprint density at radius 3 is 2.71 bits per heavy atom. The zero-order valence-electron chi connectivity index (χ0n) is 11.4. The van der Waals surface area contributed by atoms with Gasteiger partial charge in [0.05, 0.1) is 9.66 Å². The number of hydrogen-bond acceptors (Lipinski definition) is 5. The number of rotatable bonds is 4. The largest absolute Gasteiger partial charge is 0.341 e. The molecule has 1 saturated heterocycles. The van der Waals surface area contributed by atoms with Gasteiger partial charge in [-0.15, -0.1) is 23.1 Å². The van der Waals surface area contributed by atoms with Crippen LogP contribution in [0, 0.1) is 0 Å². The summed E-state index contributed by atoms with van der Waals surface area (Å²) < 4.78 is 27.8. The molecule has 1 aliphatic carbocycles. The SMILES string of the molecule is CN(C(=O)[C@@H]1CSCN1S(=O)(=O)c1ccc(Br)s1)C1CC1. The van der Waals surface area contributed by atoms with Crippen LogP contribution in [0.15, 0.2) is 20.1 Å². The summed E-state index contributed by atoms with van der Waals surface area (Å²) >= 11 is 5.95. The maximum atomic E-state index is 12.7. The lowest BCUT2D eigenvalue weighted by Gasteiger charge is -2.26. The molecule has 1 saturated carbocycles. The van der Waals surface area contributed by atoms with Gasteiger partial charge in [-0.2, -0.15) is 4.31 Å². The number of nitrogens with zero attached hydrogens (tertiary/aromatic N) is 2. The first kappa shape index (κ1) is 15.8. The minimum atomic E-state index is -3.60. The van der Waals surface area contributed by atoms with E-state index in [9.17, 15) is 13.2 Å². The monoisotopic (exact) mass is 410 g/mol. The van der Waals surface area contributed by atoms with Gasteiger partial charge in [-0.25, -0.2) is 8.42 Å². The predicted molar refractivity (Wildman–Crippen MR) is 87.9 cm³/mol. The van der Waals surface area contributed by atoms with Crippen LogP contribution in [0.2, 0.25) is 0 Å². The van der Waals surface area contributed by atoms with E-state index < -0.39 is 16.1 Å². The molecule has 1 aliphatic heterocycles. The number of amides is 1. The van der Waals surface area contributed by atoms with Gasteiger partial charge in [0, 0.05) is 18.8 Å². The summed E-state index contributed by atoms with van der Waals surface area (Å²) in [4.78, 5) is 14.2. The van der Waals surface area contributed by atoms with E-state index in [-0.39, 0.29) is 10.1 Å². The lowest BCUT2D eigenvalue weighted by molar-refractivity contribution is -0.133. The average Bonchev–Trinajstić information content (AvgIpc) is 2.99. The van der Waals surface area contributed by atoms with Crippen molar-refractivity contribution >= 4 is 55.0 Å². The number of sulfonamides is 1. The highest BCUT2D eigenvalue weighted by Crippen LogP contribution is 2.35. The number of halogens is 1. The van der Waals surface area contributed by atoms with E-state index in [0.29, 0.717) is 17.7 Å². The first-order valence-corrected chi connectivity index (χ1v) is 10.7. The van der Waals surface area contributed by atoms with Crippen molar-refractivity contribution in [3.05, 3.63) is 15.9 Å². The lowest BCUT2D eigenvalue weighted by Crippen LogP contribution is -2.48. The molecule has 0 unspecified atom stereocenters. The number of likely N-dealkylation sites (N-methyl/N-ethyl adjacent to an activating group) is 1. The summed E-state index contributed by atoms with van der Waals surface area (Å²) in [5.74, 6) is 0.788. The molecule has 1 aromatic heterocycles. The van der Waals surface area contributed by atoms with Crippen LogP contribution in [0.4, 0.5) is 0 Å². The summed E-state index contributed by atoms with van der Waals surface area (Å²) in [6, 6.07) is 3.02. The Labute approximate surface area is 140 Å². The van der Waals surface area contributed by atoms with Crippen LogP contribution in [0.5, 0.6) is 0 Å². The number of carbonyl (C=O) groups excluding carboxylic acids is 1. The summed E-state index contributed by atoms with van der Waals surface area (Å²) in [6.45, 7) is 0. The van der Waals surface area contributed by atoms with Crippen LogP contribution in [-0.4, -0.2) is 54.3 Å². The first-order chi connectivity index (χ1) is 9.91. The minimum Gasteiger partial charge on any atom is -0.341 e. The van der Waals surface area contributed by atoms with Crippen molar-refractivity contribution in [2.24, 2.45) is 0 Å². The van der Waals surface area contributed by atoms with Crippen molar-refractivity contribution in [2.45, 2.75) is 29.1 Å². The van der Waals surface area contributed by atoms with Crippen molar-refractivity contribution < 1.29 is 13.2 Å². The Morgan fingerprint density at radius 2 is 2.14 bits per heavy atom. The highest BCUT2D eigenvalue weighted by molar-refractivity contribution is 9.11. The number of hydrogen-bond donors (Lipinski definition) is 0. The molecule has 1 atom stereocenters. The Hall–Kier alpha value is -0.0900. The number of thioether (sulfide) groups is 1. The lowest BCUT2D eigenvalue weighted by atomic mass is 10.3. The highest BCUT2D eigenvalue weighted by Gasteiger charge is 2.43. The molecule has 116 valence electrons. The average molecular weight is 411 g/mol. The van der Waals surface area contributed by atoms with Gasteiger partial charge in [-0.1, -0.05) is 0 Å². The second-order valence-corrected chi connectivity index (χ2v) is 10.7.